The van der Waals surface area contributed by atoms with Gasteiger partial charge in [0.2, 0.25) is 5.91 Å². The van der Waals surface area contributed by atoms with Crippen molar-refractivity contribution in [1.82, 2.24) is 49.1 Å². The molecule has 71 heavy (non-hydrogen) atoms. The zero-order chi connectivity index (χ0) is 48.7. The molecule has 0 radical (unpaired) electrons. The van der Waals surface area contributed by atoms with E-state index in [0.717, 1.165) is 26.2 Å². The lowest BCUT2D eigenvalue weighted by atomic mass is 10.0. The van der Waals surface area contributed by atoms with Crippen LogP contribution in [0.5, 0.6) is 23.5 Å². The van der Waals surface area contributed by atoms with Crippen molar-refractivity contribution >= 4 is 11.8 Å². The number of fused-ring (bicyclic) bond motifs is 1. The van der Waals surface area contributed by atoms with Crippen molar-refractivity contribution in [3.63, 3.8) is 0 Å². The van der Waals surface area contributed by atoms with Crippen molar-refractivity contribution in [3.05, 3.63) is 167 Å². The summed E-state index contributed by atoms with van der Waals surface area (Å²) in [5, 5.41) is 2.92. The molecule has 7 aromatic rings. The van der Waals surface area contributed by atoms with Crippen LogP contribution in [0.25, 0.3) is 22.5 Å². The molecule has 0 aliphatic carbocycles. The Bertz CT molecular complexity index is 3010. The molecule has 0 spiro atoms. The van der Waals surface area contributed by atoms with Crippen LogP contribution in [0.15, 0.2) is 139 Å². The van der Waals surface area contributed by atoms with E-state index in [1.807, 2.05) is 53.2 Å². The number of amides is 2. The molecule has 17 nitrogen and oxygen atoms in total. The molecule has 3 fully saturated rings. The molecule has 4 aliphatic heterocycles. The minimum Gasteiger partial charge on any atom is -0.424 e. The average molecular weight is 965 g/mol. The van der Waals surface area contributed by atoms with E-state index >= 15 is 0 Å². The summed E-state index contributed by atoms with van der Waals surface area (Å²) in [6, 6.07) is 33.8. The fraction of sp³-hybridized carbons (Fsp3) is 0.288. The van der Waals surface area contributed by atoms with Crippen LogP contribution in [-0.2, 0) is 33.8 Å². The van der Waals surface area contributed by atoms with Gasteiger partial charge in [-0.1, -0.05) is 60.7 Å². The monoisotopic (exact) mass is 964 g/mol. The van der Waals surface area contributed by atoms with E-state index in [4.69, 9.17) is 18.9 Å². The second-order valence-electron chi connectivity index (χ2n) is 17.2. The van der Waals surface area contributed by atoms with E-state index in [-0.39, 0.29) is 59.3 Å². The summed E-state index contributed by atoms with van der Waals surface area (Å²) in [6.07, 6.45) is 3.13. The van der Waals surface area contributed by atoms with Gasteiger partial charge < -0.3 is 18.9 Å². The van der Waals surface area contributed by atoms with Crippen molar-refractivity contribution in [2.45, 2.75) is 31.6 Å². The quantitative estimate of drug-likeness (QED) is 0.149. The normalized spacial score (nSPS) is 18.1. The van der Waals surface area contributed by atoms with Crippen LogP contribution in [0.4, 0.5) is 8.78 Å². The molecule has 7 heterocycles. The maximum Gasteiger partial charge on any atom is 0.322 e. The summed E-state index contributed by atoms with van der Waals surface area (Å²) >= 11 is 0. The fourth-order valence-corrected chi connectivity index (χ4v) is 9.20. The minimum absolute atomic E-state index is 0.0307. The smallest absolute Gasteiger partial charge is 0.322 e. The molecule has 0 N–H and O–H groups in total. The van der Waals surface area contributed by atoms with Crippen LogP contribution in [-0.4, -0.2) is 139 Å². The van der Waals surface area contributed by atoms with Crippen LogP contribution in [0, 0.1) is 11.6 Å². The molecule has 0 saturated carbocycles. The lowest BCUT2D eigenvalue weighted by molar-refractivity contribution is -0.139. The number of benzene rings is 4. The number of carbonyl (C=O) groups excluding carboxylic acids is 2. The first kappa shape index (κ1) is 47.0. The Balaban J connectivity index is 0.000000164. The standard InChI is InChI=1S/C26H26FN5O4.C26H24FN5O3/c27-20-8-6-19(7-9-20)16-24(33)31-17-21(30-12-14-35-15-13-30)18-32(31)25(34)23-10-11-28-26(29-23)36-22-4-2-1-3-5-22;27-19-8-6-18(7-9-19)23-24(22-10-11-28-26(29-22)35-21-4-2-1-3-5-21)31-16-20(17-32(31)25(23)33)30-12-14-34-15-13-30/h1-11,21H,12-18H2;1-11,20H,12-17H2. The first-order valence-corrected chi connectivity index (χ1v) is 23.5. The summed E-state index contributed by atoms with van der Waals surface area (Å²) in [5.74, 6) is -0.218. The summed E-state index contributed by atoms with van der Waals surface area (Å²) in [5.41, 5.74) is 3.07. The molecular formula is C52H50F2N10O7. The third-order valence-electron chi connectivity index (χ3n) is 12.7. The third kappa shape index (κ3) is 10.9. The lowest BCUT2D eigenvalue weighted by Gasteiger charge is -2.31. The minimum atomic E-state index is -0.418. The third-order valence-corrected chi connectivity index (χ3v) is 12.7. The van der Waals surface area contributed by atoms with E-state index in [0.29, 0.717) is 92.2 Å². The number of para-hydroxylation sites is 2. The maximum atomic E-state index is 13.7. The van der Waals surface area contributed by atoms with Gasteiger partial charge in [-0.2, -0.15) is 9.97 Å². The van der Waals surface area contributed by atoms with Crippen LogP contribution in [0.2, 0.25) is 0 Å². The van der Waals surface area contributed by atoms with Gasteiger partial charge >= 0.3 is 12.0 Å². The molecule has 11 rings (SSSR count). The van der Waals surface area contributed by atoms with Crippen LogP contribution in [0.1, 0.15) is 16.1 Å². The zero-order valence-electron chi connectivity index (χ0n) is 38.6. The van der Waals surface area contributed by atoms with Gasteiger partial charge in [-0.25, -0.2) is 33.4 Å². The van der Waals surface area contributed by atoms with Crippen molar-refractivity contribution in [2.75, 3.05) is 65.7 Å². The molecular weight excluding hydrogens is 915 g/mol. The number of ether oxygens (including phenoxy) is 4. The number of hydrogen-bond donors (Lipinski definition) is 0. The van der Waals surface area contributed by atoms with Gasteiger partial charge in [0.05, 0.1) is 76.0 Å². The molecule has 4 aromatic carbocycles. The molecule has 2 amide bonds. The Labute approximate surface area is 407 Å². The molecule has 0 bridgehead atoms. The van der Waals surface area contributed by atoms with Crippen molar-refractivity contribution in [2.24, 2.45) is 0 Å². The zero-order valence-corrected chi connectivity index (χ0v) is 38.6. The largest absolute Gasteiger partial charge is 0.424 e. The first-order valence-electron chi connectivity index (χ1n) is 23.5. The SMILES string of the molecule is O=C(Cc1ccc(F)cc1)N1CC(N2CCOCC2)CN1C(=O)c1ccnc(Oc2ccccc2)n1.O=c1c(-c2ccc(F)cc2)c(-c2ccnc(Oc3ccccc3)n2)n2n1CC(N1CCOCC1)C2. The predicted octanol–water partition coefficient (Wildman–Crippen LogP) is 5.97. The Morgan fingerprint density at radius 2 is 1.11 bits per heavy atom. The average Bonchev–Trinajstić information content (AvgIpc) is 4.13. The molecule has 2 unspecified atom stereocenters. The number of hydrazine groups is 1. The van der Waals surface area contributed by atoms with Gasteiger partial charge in [0.25, 0.3) is 11.5 Å². The molecule has 364 valence electrons. The fourth-order valence-electron chi connectivity index (χ4n) is 9.20. The van der Waals surface area contributed by atoms with E-state index < -0.39 is 5.91 Å². The van der Waals surface area contributed by atoms with Crippen LogP contribution < -0.4 is 15.0 Å². The number of hydrogen-bond acceptors (Lipinski definition) is 13. The Hall–Kier alpha value is -7.71. The molecule has 19 heteroatoms. The Morgan fingerprint density at radius 3 is 1.72 bits per heavy atom. The first-order chi connectivity index (χ1) is 34.7. The number of rotatable bonds is 11. The van der Waals surface area contributed by atoms with Gasteiger partial charge in [-0.3, -0.25) is 28.9 Å². The van der Waals surface area contributed by atoms with Crippen molar-refractivity contribution in [1.29, 1.82) is 0 Å². The summed E-state index contributed by atoms with van der Waals surface area (Å²) in [6.45, 7) is 7.68. The number of aromatic nitrogens is 6. The Morgan fingerprint density at radius 1 is 0.592 bits per heavy atom. The molecule has 3 aromatic heterocycles. The van der Waals surface area contributed by atoms with Crippen molar-refractivity contribution < 1.29 is 37.3 Å². The lowest BCUT2D eigenvalue weighted by Crippen LogP contribution is -2.46. The van der Waals surface area contributed by atoms with Gasteiger partial charge in [0, 0.05) is 50.7 Å². The van der Waals surface area contributed by atoms with E-state index in [2.05, 4.69) is 29.7 Å². The highest BCUT2D eigenvalue weighted by molar-refractivity contribution is 5.94. The Kier molecular flexibility index (Phi) is 14.2. The van der Waals surface area contributed by atoms with Gasteiger partial charge in [-0.15, -0.1) is 0 Å². The van der Waals surface area contributed by atoms with E-state index in [9.17, 15) is 23.2 Å². The summed E-state index contributed by atoms with van der Waals surface area (Å²) < 4.78 is 53.3. The number of morpholine rings is 2. The number of nitrogens with zero attached hydrogens (tertiary/aromatic N) is 10. The van der Waals surface area contributed by atoms with Crippen molar-refractivity contribution in [3.8, 4) is 46.0 Å². The second-order valence-corrected chi connectivity index (χ2v) is 17.2. The highest BCUT2D eigenvalue weighted by Crippen LogP contribution is 2.34. The molecule has 3 saturated heterocycles. The topological polar surface area (TPSA) is 163 Å². The molecule has 2 atom stereocenters. The van der Waals surface area contributed by atoms with Gasteiger partial charge in [0.15, 0.2) is 0 Å². The molecule has 4 aliphatic rings. The highest BCUT2D eigenvalue weighted by Gasteiger charge is 2.41. The maximum absolute atomic E-state index is 13.7. The van der Waals surface area contributed by atoms with E-state index in [1.165, 1.54) is 46.5 Å². The highest BCUT2D eigenvalue weighted by atomic mass is 19.1. The van der Waals surface area contributed by atoms with Crippen LogP contribution in [0.3, 0.4) is 0 Å². The van der Waals surface area contributed by atoms with Gasteiger partial charge in [0.1, 0.15) is 28.8 Å². The van der Waals surface area contributed by atoms with Gasteiger partial charge in [-0.05, 0) is 71.8 Å². The summed E-state index contributed by atoms with van der Waals surface area (Å²) in [4.78, 5) is 62.5. The van der Waals surface area contributed by atoms with E-state index in [1.54, 1.807) is 53.3 Å². The summed E-state index contributed by atoms with van der Waals surface area (Å²) in [7, 11) is 0. The number of carbonyl (C=O) groups is 2. The second kappa shape index (κ2) is 21.5. The number of halogens is 2. The predicted molar refractivity (Wildman–Crippen MR) is 255 cm³/mol. The van der Waals surface area contributed by atoms with Crippen LogP contribution >= 0.6 is 0 Å².